The number of piperazine rings is 1. The Morgan fingerprint density at radius 2 is 1.93 bits per heavy atom. The van der Waals surface area contributed by atoms with Gasteiger partial charge in [-0.15, -0.1) is 0 Å². The molecule has 1 fully saturated rings. The Bertz CT molecular complexity index is 740. The van der Waals surface area contributed by atoms with Gasteiger partial charge in [0.25, 0.3) is 0 Å². The lowest BCUT2D eigenvalue weighted by Gasteiger charge is -2.34. The normalized spacial score (nSPS) is 15.4. The minimum atomic E-state index is -0.196. The highest BCUT2D eigenvalue weighted by atomic mass is 16.6. The second-order valence-corrected chi connectivity index (χ2v) is 6.87. The van der Waals surface area contributed by atoms with E-state index in [-0.39, 0.29) is 6.09 Å². The Morgan fingerprint density at radius 3 is 2.70 bits per heavy atom. The molecule has 0 aromatic carbocycles. The van der Waals surface area contributed by atoms with Crippen molar-refractivity contribution >= 4 is 23.1 Å². The monoisotopic (exact) mass is 375 g/mol. The minimum Gasteiger partial charge on any atom is -0.449 e. The second-order valence-electron chi connectivity index (χ2n) is 6.87. The molecule has 2 N–H and O–H groups in total. The summed E-state index contributed by atoms with van der Waals surface area (Å²) in [5.41, 5.74) is 7.15. The summed E-state index contributed by atoms with van der Waals surface area (Å²) >= 11 is 0. The molecule has 0 bridgehead atoms. The van der Waals surface area contributed by atoms with Crippen molar-refractivity contribution in [3.63, 3.8) is 0 Å². The van der Waals surface area contributed by atoms with Crippen molar-refractivity contribution in [1.82, 2.24) is 29.3 Å². The Kier molecular flexibility index (Phi) is 6.80. The van der Waals surface area contributed by atoms with Crippen LogP contribution in [0.15, 0.2) is 12.7 Å². The molecule has 0 atom stereocenters. The SMILES string of the molecule is CCCCN1CCN(C(=O)OCCCCn2cnc3c(N)ncnc32)CC1. The number of aryl methyl sites for hydroxylation is 1. The largest absolute Gasteiger partial charge is 0.449 e. The number of carbonyl (C=O) groups is 1. The summed E-state index contributed by atoms with van der Waals surface area (Å²) in [7, 11) is 0. The van der Waals surface area contributed by atoms with E-state index < -0.39 is 0 Å². The van der Waals surface area contributed by atoms with E-state index in [1.165, 1.54) is 19.2 Å². The molecule has 2 aromatic rings. The number of aromatic nitrogens is 4. The van der Waals surface area contributed by atoms with Crippen molar-refractivity contribution in [2.75, 3.05) is 45.1 Å². The molecular weight excluding hydrogens is 346 g/mol. The fourth-order valence-corrected chi connectivity index (χ4v) is 3.23. The number of imidazole rings is 1. The van der Waals surface area contributed by atoms with Gasteiger partial charge < -0.3 is 19.9 Å². The summed E-state index contributed by atoms with van der Waals surface area (Å²) in [5, 5.41) is 0. The molecule has 1 aliphatic heterocycles. The summed E-state index contributed by atoms with van der Waals surface area (Å²) in [6.07, 6.45) is 7.06. The smallest absolute Gasteiger partial charge is 0.409 e. The van der Waals surface area contributed by atoms with Crippen LogP contribution in [0.25, 0.3) is 11.2 Å². The van der Waals surface area contributed by atoms with Crippen molar-refractivity contribution in [2.45, 2.75) is 39.2 Å². The lowest BCUT2D eigenvalue weighted by Crippen LogP contribution is -2.49. The predicted molar refractivity (Wildman–Crippen MR) is 103 cm³/mol. The molecule has 9 nitrogen and oxygen atoms in total. The summed E-state index contributed by atoms with van der Waals surface area (Å²) in [6.45, 7) is 7.89. The van der Waals surface area contributed by atoms with E-state index in [9.17, 15) is 4.79 Å². The Balaban J connectivity index is 1.33. The highest BCUT2D eigenvalue weighted by Crippen LogP contribution is 2.14. The first-order chi connectivity index (χ1) is 13.2. The van der Waals surface area contributed by atoms with E-state index in [0.29, 0.717) is 17.9 Å². The highest BCUT2D eigenvalue weighted by molar-refractivity contribution is 5.81. The van der Waals surface area contributed by atoms with Crippen molar-refractivity contribution in [1.29, 1.82) is 0 Å². The lowest BCUT2D eigenvalue weighted by molar-refractivity contribution is 0.0747. The topological polar surface area (TPSA) is 102 Å². The van der Waals surface area contributed by atoms with E-state index in [0.717, 1.165) is 57.8 Å². The summed E-state index contributed by atoms with van der Waals surface area (Å²) < 4.78 is 7.37. The average Bonchev–Trinajstić information content (AvgIpc) is 3.11. The van der Waals surface area contributed by atoms with Crippen LogP contribution < -0.4 is 5.73 Å². The third-order valence-corrected chi connectivity index (χ3v) is 4.91. The minimum absolute atomic E-state index is 0.196. The van der Waals surface area contributed by atoms with Gasteiger partial charge in [-0.3, -0.25) is 4.90 Å². The number of hydrogen-bond donors (Lipinski definition) is 1. The molecule has 9 heteroatoms. The molecule has 0 saturated carbocycles. The van der Waals surface area contributed by atoms with E-state index in [2.05, 4.69) is 26.8 Å². The number of fused-ring (bicyclic) bond motifs is 1. The van der Waals surface area contributed by atoms with Gasteiger partial charge in [0, 0.05) is 32.7 Å². The lowest BCUT2D eigenvalue weighted by atomic mass is 10.2. The van der Waals surface area contributed by atoms with Gasteiger partial charge >= 0.3 is 6.09 Å². The molecule has 1 saturated heterocycles. The quantitative estimate of drug-likeness (QED) is 0.701. The maximum atomic E-state index is 12.2. The van der Waals surface area contributed by atoms with Crippen LogP contribution in [0.5, 0.6) is 0 Å². The first-order valence-electron chi connectivity index (χ1n) is 9.74. The standard InChI is InChI=1S/C18H29N7O2/c1-2-3-6-23-8-10-24(11-9-23)18(26)27-12-5-4-7-25-14-22-15-16(19)20-13-21-17(15)25/h13-14H,2-12H2,1H3,(H2,19,20,21). The zero-order chi connectivity index (χ0) is 19.1. The first-order valence-corrected chi connectivity index (χ1v) is 9.74. The fourth-order valence-electron chi connectivity index (χ4n) is 3.23. The number of nitrogens with two attached hydrogens (primary N) is 1. The molecule has 2 aromatic heterocycles. The molecule has 0 radical (unpaired) electrons. The van der Waals surface area contributed by atoms with Crippen LogP contribution in [0.4, 0.5) is 10.6 Å². The van der Waals surface area contributed by atoms with Gasteiger partial charge in [-0.05, 0) is 25.8 Å². The zero-order valence-corrected chi connectivity index (χ0v) is 16.0. The molecule has 3 heterocycles. The summed E-state index contributed by atoms with van der Waals surface area (Å²) in [5.74, 6) is 0.391. The van der Waals surface area contributed by atoms with Gasteiger partial charge in [-0.25, -0.2) is 19.7 Å². The van der Waals surface area contributed by atoms with Crippen LogP contribution in [-0.4, -0.2) is 74.7 Å². The number of amides is 1. The van der Waals surface area contributed by atoms with Gasteiger partial charge in [0.15, 0.2) is 11.5 Å². The van der Waals surface area contributed by atoms with Crippen LogP contribution in [0.2, 0.25) is 0 Å². The van der Waals surface area contributed by atoms with Gasteiger partial charge in [0.1, 0.15) is 11.8 Å². The van der Waals surface area contributed by atoms with Gasteiger partial charge in [0.05, 0.1) is 12.9 Å². The average molecular weight is 375 g/mol. The molecule has 27 heavy (non-hydrogen) atoms. The number of carbonyl (C=O) groups excluding carboxylic acids is 1. The number of unbranched alkanes of at least 4 members (excludes halogenated alkanes) is 2. The van der Waals surface area contributed by atoms with Crippen LogP contribution >= 0.6 is 0 Å². The number of nitrogen functional groups attached to an aromatic ring is 1. The number of nitrogens with zero attached hydrogens (tertiary/aromatic N) is 6. The maximum absolute atomic E-state index is 12.2. The maximum Gasteiger partial charge on any atom is 0.409 e. The molecule has 0 spiro atoms. The molecular formula is C18H29N7O2. The Labute approximate surface area is 159 Å². The van der Waals surface area contributed by atoms with E-state index in [1.807, 2.05) is 9.47 Å². The molecule has 148 valence electrons. The second kappa shape index (κ2) is 9.50. The Hall–Kier alpha value is -2.42. The van der Waals surface area contributed by atoms with Gasteiger partial charge in [-0.2, -0.15) is 0 Å². The summed E-state index contributed by atoms with van der Waals surface area (Å²) in [6, 6.07) is 0. The number of hydrogen-bond acceptors (Lipinski definition) is 7. The highest BCUT2D eigenvalue weighted by Gasteiger charge is 2.21. The molecule has 0 aliphatic carbocycles. The van der Waals surface area contributed by atoms with Crippen LogP contribution in [0.1, 0.15) is 32.6 Å². The molecule has 0 unspecified atom stereocenters. The number of rotatable bonds is 8. The van der Waals surface area contributed by atoms with E-state index in [4.69, 9.17) is 10.5 Å². The fraction of sp³-hybridized carbons (Fsp3) is 0.667. The van der Waals surface area contributed by atoms with Crippen molar-refractivity contribution in [3.8, 4) is 0 Å². The third-order valence-electron chi connectivity index (χ3n) is 4.91. The van der Waals surface area contributed by atoms with Gasteiger partial charge in [-0.1, -0.05) is 13.3 Å². The van der Waals surface area contributed by atoms with Crippen molar-refractivity contribution in [2.24, 2.45) is 0 Å². The predicted octanol–water partition coefficient (Wildman–Crippen LogP) is 1.74. The molecule has 1 aliphatic rings. The number of ether oxygens (including phenoxy) is 1. The van der Waals surface area contributed by atoms with Crippen molar-refractivity contribution in [3.05, 3.63) is 12.7 Å². The van der Waals surface area contributed by atoms with Gasteiger partial charge in [0.2, 0.25) is 0 Å². The summed E-state index contributed by atoms with van der Waals surface area (Å²) in [4.78, 5) is 28.8. The van der Waals surface area contributed by atoms with Crippen LogP contribution in [-0.2, 0) is 11.3 Å². The van der Waals surface area contributed by atoms with E-state index in [1.54, 1.807) is 6.33 Å². The van der Waals surface area contributed by atoms with E-state index >= 15 is 0 Å². The first kappa shape index (κ1) is 19.3. The molecule has 3 rings (SSSR count). The number of anilines is 1. The molecule has 1 amide bonds. The van der Waals surface area contributed by atoms with Crippen LogP contribution in [0.3, 0.4) is 0 Å². The Morgan fingerprint density at radius 1 is 1.11 bits per heavy atom. The third kappa shape index (κ3) is 5.06. The van der Waals surface area contributed by atoms with Crippen LogP contribution in [0, 0.1) is 0 Å². The zero-order valence-electron chi connectivity index (χ0n) is 16.0. The van der Waals surface area contributed by atoms with Crippen molar-refractivity contribution < 1.29 is 9.53 Å².